The molecule has 1 aliphatic rings. The second-order valence-electron chi connectivity index (χ2n) is 5.88. The van der Waals surface area contributed by atoms with Gasteiger partial charge >= 0.3 is 0 Å². The number of piperidine rings is 1. The highest BCUT2D eigenvalue weighted by Crippen LogP contribution is 2.27. The summed E-state index contributed by atoms with van der Waals surface area (Å²) in [5, 5.41) is 1.99. The van der Waals surface area contributed by atoms with E-state index >= 15 is 0 Å². The van der Waals surface area contributed by atoms with E-state index in [1.807, 2.05) is 24.4 Å². The van der Waals surface area contributed by atoms with Gasteiger partial charge in [-0.1, -0.05) is 0 Å². The summed E-state index contributed by atoms with van der Waals surface area (Å²) in [4.78, 5) is 24.4. The molecule has 2 aromatic rings. The van der Waals surface area contributed by atoms with E-state index in [0.29, 0.717) is 6.61 Å². The zero-order valence-electron chi connectivity index (χ0n) is 13.5. The predicted molar refractivity (Wildman–Crippen MR) is 91.1 cm³/mol. The van der Waals surface area contributed by atoms with Crippen LogP contribution < -0.4 is 4.90 Å². The van der Waals surface area contributed by atoms with E-state index in [2.05, 4.69) is 14.9 Å². The number of ketones is 1. The van der Waals surface area contributed by atoms with E-state index in [0.717, 1.165) is 47.9 Å². The number of thiophene rings is 1. The normalized spacial score (nSPS) is 18.2. The molecule has 0 amide bonds. The summed E-state index contributed by atoms with van der Waals surface area (Å²) in [7, 11) is 1.65. The summed E-state index contributed by atoms with van der Waals surface area (Å²) in [5.41, 5.74) is 1.95. The number of anilines is 1. The van der Waals surface area contributed by atoms with Gasteiger partial charge in [0.1, 0.15) is 12.1 Å². The third-order valence-corrected chi connectivity index (χ3v) is 5.23. The molecule has 1 aliphatic heterocycles. The number of ether oxygens (including phenoxy) is 1. The molecule has 1 atom stereocenters. The Morgan fingerprint density at radius 3 is 3.09 bits per heavy atom. The summed E-state index contributed by atoms with van der Waals surface area (Å²) in [6, 6.07) is 3.96. The topological polar surface area (TPSA) is 55.3 Å². The summed E-state index contributed by atoms with van der Waals surface area (Å²) in [6.45, 7) is 4.13. The molecule has 1 fully saturated rings. The molecular weight excluding hydrogens is 310 g/mol. The monoisotopic (exact) mass is 331 g/mol. The Hall–Kier alpha value is -1.79. The van der Waals surface area contributed by atoms with Crippen molar-refractivity contribution < 1.29 is 9.53 Å². The molecular formula is C17H21N3O2S. The summed E-state index contributed by atoms with van der Waals surface area (Å²) < 4.78 is 5.13. The zero-order valence-corrected chi connectivity index (χ0v) is 14.3. The van der Waals surface area contributed by atoms with Crippen molar-refractivity contribution in [3.05, 3.63) is 40.0 Å². The van der Waals surface area contributed by atoms with Crippen molar-refractivity contribution in [3.63, 3.8) is 0 Å². The molecule has 1 saturated heterocycles. The minimum Gasteiger partial charge on any atom is -0.378 e. The quantitative estimate of drug-likeness (QED) is 0.788. The second kappa shape index (κ2) is 7.19. The van der Waals surface area contributed by atoms with Crippen LogP contribution >= 0.6 is 11.3 Å². The molecule has 0 bridgehead atoms. The van der Waals surface area contributed by atoms with Crippen LogP contribution in [0.1, 0.15) is 33.8 Å². The molecule has 0 aromatic carbocycles. The number of aryl methyl sites for hydroxylation is 1. The summed E-state index contributed by atoms with van der Waals surface area (Å²) in [6.07, 6.45) is 3.52. The lowest BCUT2D eigenvalue weighted by Crippen LogP contribution is -2.39. The van der Waals surface area contributed by atoms with Crippen molar-refractivity contribution >= 4 is 22.9 Å². The number of carbonyl (C=O) groups is 1. The van der Waals surface area contributed by atoms with Crippen molar-refractivity contribution in [3.8, 4) is 0 Å². The molecule has 0 spiro atoms. The molecule has 5 nitrogen and oxygen atoms in total. The van der Waals surface area contributed by atoms with Crippen molar-refractivity contribution in [1.29, 1.82) is 0 Å². The fourth-order valence-corrected chi connectivity index (χ4v) is 3.94. The molecule has 2 aromatic heterocycles. The number of methoxy groups -OCH3 is 1. The van der Waals surface area contributed by atoms with E-state index in [1.54, 1.807) is 24.8 Å². The molecule has 0 radical (unpaired) electrons. The van der Waals surface area contributed by atoms with Gasteiger partial charge in [-0.05, 0) is 36.8 Å². The van der Waals surface area contributed by atoms with E-state index in [9.17, 15) is 4.79 Å². The van der Waals surface area contributed by atoms with E-state index < -0.39 is 0 Å². The molecule has 0 saturated carbocycles. The van der Waals surface area contributed by atoms with Gasteiger partial charge in [0.25, 0.3) is 0 Å². The fraction of sp³-hybridized carbons (Fsp3) is 0.471. The predicted octanol–water partition coefficient (Wildman–Crippen LogP) is 3.09. The molecule has 1 unspecified atom stereocenters. The van der Waals surface area contributed by atoms with Gasteiger partial charge in [0.2, 0.25) is 0 Å². The van der Waals surface area contributed by atoms with Crippen LogP contribution in [0.5, 0.6) is 0 Å². The summed E-state index contributed by atoms with van der Waals surface area (Å²) >= 11 is 1.55. The Bertz CT molecular complexity index is 686. The van der Waals surface area contributed by atoms with Gasteiger partial charge in [-0.2, -0.15) is 0 Å². The number of aromatic nitrogens is 2. The third-order valence-electron chi connectivity index (χ3n) is 4.20. The Labute approximate surface area is 140 Å². The van der Waals surface area contributed by atoms with Crippen LogP contribution in [0, 0.1) is 12.8 Å². The molecule has 3 heterocycles. The highest BCUT2D eigenvalue weighted by atomic mass is 32.1. The largest absolute Gasteiger partial charge is 0.378 e. The number of hydrogen-bond acceptors (Lipinski definition) is 6. The Kier molecular flexibility index (Phi) is 5.03. The van der Waals surface area contributed by atoms with Gasteiger partial charge in [-0.15, -0.1) is 11.3 Å². The number of hydrogen-bond donors (Lipinski definition) is 0. The number of Topliss-reactive ketones (excluding diaryl/α,β-unsaturated/α-hetero) is 1. The van der Waals surface area contributed by atoms with Crippen LogP contribution in [0.25, 0.3) is 0 Å². The first-order valence-electron chi connectivity index (χ1n) is 7.82. The maximum absolute atomic E-state index is 12.8. The molecule has 23 heavy (non-hydrogen) atoms. The molecule has 6 heteroatoms. The molecule has 3 rings (SSSR count). The lowest BCUT2D eigenvalue weighted by atomic mass is 9.92. The SMILES string of the molecule is COCc1cc(N2CCCC(C(=O)c3sccc3C)C2)ncn1. The first kappa shape index (κ1) is 16.1. The average Bonchev–Trinajstić information content (AvgIpc) is 3.01. The molecule has 122 valence electrons. The van der Waals surface area contributed by atoms with Gasteiger partial charge in [0, 0.05) is 32.2 Å². The molecule has 0 N–H and O–H groups in total. The fourth-order valence-electron chi connectivity index (χ4n) is 3.00. The van der Waals surface area contributed by atoms with Crippen molar-refractivity contribution in [2.24, 2.45) is 5.92 Å². The Morgan fingerprint density at radius 1 is 1.48 bits per heavy atom. The van der Waals surface area contributed by atoms with Crippen LogP contribution in [0.2, 0.25) is 0 Å². The second-order valence-corrected chi connectivity index (χ2v) is 6.80. The standard InChI is InChI=1S/C17H21N3O2S/c1-12-5-7-23-17(12)16(21)13-4-3-6-20(9-13)15-8-14(10-22-2)18-11-19-15/h5,7-8,11,13H,3-4,6,9-10H2,1-2H3. The average molecular weight is 331 g/mol. The lowest BCUT2D eigenvalue weighted by Gasteiger charge is -2.32. The van der Waals surface area contributed by atoms with E-state index in [1.165, 1.54) is 0 Å². The summed E-state index contributed by atoms with van der Waals surface area (Å²) in [5.74, 6) is 1.20. The van der Waals surface area contributed by atoms with Gasteiger partial charge in [0.05, 0.1) is 17.2 Å². The zero-order chi connectivity index (χ0) is 16.2. The van der Waals surface area contributed by atoms with E-state index in [-0.39, 0.29) is 11.7 Å². The van der Waals surface area contributed by atoms with Crippen molar-refractivity contribution in [1.82, 2.24) is 9.97 Å². The van der Waals surface area contributed by atoms with Crippen molar-refractivity contribution in [2.45, 2.75) is 26.4 Å². The van der Waals surface area contributed by atoms with Crippen molar-refractivity contribution in [2.75, 3.05) is 25.1 Å². The first-order chi connectivity index (χ1) is 11.2. The smallest absolute Gasteiger partial charge is 0.177 e. The first-order valence-corrected chi connectivity index (χ1v) is 8.70. The number of rotatable bonds is 5. The van der Waals surface area contributed by atoms with Gasteiger partial charge < -0.3 is 9.64 Å². The minimum atomic E-state index is 0.0435. The highest BCUT2D eigenvalue weighted by molar-refractivity contribution is 7.12. The van der Waals surface area contributed by atoms with Crippen LogP contribution in [0.4, 0.5) is 5.82 Å². The van der Waals surface area contributed by atoms with Gasteiger partial charge in [-0.25, -0.2) is 9.97 Å². The lowest BCUT2D eigenvalue weighted by molar-refractivity contribution is 0.0910. The minimum absolute atomic E-state index is 0.0435. The number of carbonyl (C=O) groups excluding carboxylic acids is 1. The van der Waals surface area contributed by atoms with Gasteiger partial charge in [-0.3, -0.25) is 4.79 Å². The van der Waals surface area contributed by atoms with Gasteiger partial charge in [0.15, 0.2) is 5.78 Å². The van der Waals surface area contributed by atoms with Crippen LogP contribution in [0.3, 0.4) is 0 Å². The van der Waals surface area contributed by atoms with Crippen LogP contribution in [-0.4, -0.2) is 36.0 Å². The maximum atomic E-state index is 12.8. The Morgan fingerprint density at radius 2 is 2.35 bits per heavy atom. The highest BCUT2D eigenvalue weighted by Gasteiger charge is 2.28. The molecule has 0 aliphatic carbocycles. The Balaban J connectivity index is 1.74. The van der Waals surface area contributed by atoms with Crippen LogP contribution in [0.15, 0.2) is 23.8 Å². The van der Waals surface area contributed by atoms with E-state index in [4.69, 9.17) is 4.74 Å². The van der Waals surface area contributed by atoms with Crippen LogP contribution in [-0.2, 0) is 11.3 Å². The third kappa shape index (κ3) is 3.59. The number of nitrogens with zero attached hydrogens (tertiary/aromatic N) is 3. The maximum Gasteiger partial charge on any atom is 0.177 e.